The summed E-state index contributed by atoms with van der Waals surface area (Å²) in [6.45, 7) is 3.91. The van der Waals surface area contributed by atoms with Crippen LogP contribution in [0.4, 0.5) is 5.69 Å². The van der Waals surface area contributed by atoms with Gasteiger partial charge in [0.2, 0.25) is 6.41 Å². The van der Waals surface area contributed by atoms with E-state index in [9.17, 15) is 14.4 Å². The molecule has 6 nitrogen and oxygen atoms in total. The molecule has 0 heterocycles. The quantitative estimate of drug-likeness (QED) is 0.183. The molecule has 0 fully saturated rings. The first kappa shape index (κ1) is 26.9. The predicted octanol–water partition coefficient (Wildman–Crippen LogP) is 5.83. The van der Waals surface area contributed by atoms with E-state index in [-0.39, 0.29) is 17.9 Å². The van der Waals surface area contributed by atoms with Crippen molar-refractivity contribution in [3.63, 3.8) is 0 Å². The smallest absolute Gasteiger partial charge is 0.343 e. The Morgan fingerprint density at radius 2 is 1.35 bits per heavy atom. The van der Waals surface area contributed by atoms with Gasteiger partial charge in [0.1, 0.15) is 5.75 Å². The zero-order valence-corrected chi connectivity index (χ0v) is 20.9. The Morgan fingerprint density at radius 1 is 0.784 bits per heavy atom. The number of esters is 1. The average molecular weight is 495 g/mol. The molecule has 0 aliphatic rings. The van der Waals surface area contributed by atoms with Gasteiger partial charge in [0.25, 0.3) is 5.91 Å². The van der Waals surface area contributed by atoms with E-state index < -0.39 is 0 Å². The van der Waals surface area contributed by atoms with Crippen LogP contribution in [-0.4, -0.2) is 24.3 Å². The van der Waals surface area contributed by atoms with Gasteiger partial charge < -0.3 is 15.4 Å². The Labute approximate surface area is 217 Å². The van der Waals surface area contributed by atoms with E-state index in [1.807, 2.05) is 74.5 Å². The second kappa shape index (κ2) is 14.0. The molecule has 6 heteroatoms. The van der Waals surface area contributed by atoms with Crippen molar-refractivity contribution in [1.29, 1.82) is 0 Å². The Kier molecular flexibility index (Phi) is 10.2. The Bertz CT molecular complexity index is 1290. The van der Waals surface area contributed by atoms with Crippen LogP contribution >= 0.6 is 0 Å². The van der Waals surface area contributed by atoms with Gasteiger partial charge in [-0.15, -0.1) is 0 Å². The second-order valence-corrected chi connectivity index (χ2v) is 8.42. The van der Waals surface area contributed by atoms with Crippen LogP contribution in [0.15, 0.2) is 109 Å². The molecule has 4 aromatic carbocycles. The Hall–Kier alpha value is -4.71. The molecule has 0 radical (unpaired) electrons. The molecule has 0 aromatic heterocycles. The van der Waals surface area contributed by atoms with Crippen molar-refractivity contribution < 1.29 is 19.1 Å². The first-order valence-corrected chi connectivity index (χ1v) is 11.9. The molecule has 0 aliphatic heterocycles. The summed E-state index contributed by atoms with van der Waals surface area (Å²) < 4.78 is 5.37. The molecule has 2 N–H and O–H groups in total. The number of carbonyl (C=O) groups excluding carboxylic acids is 3. The SMILES string of the molecule is CC(Cc1ccc(OC(=O)c2ccccc2)cc1)NC(=O)c1ccccc1.Cc1ccccc1NC=O. The van der Waals surface area contributed by atoms with Crippen LogP contribution in [-0.2, 0) is 11.2 Å². The van der Waals surface area contributed by atoms with E-state index in [0.29, 0.717) is 29.7 Å². The van der Waals surface area contributed by atoms with E-state index in [1.54, 1.807) is 48.5 Å². The summed E-state index contributed by atoms with van der Waals surface area (Å²) >= 11 is 0. The number of anilines is 1. The zero-order chi connectivity index (χ0) is 26.5. The van der Waals surface area contributed by atoms with E-state index in [1.165, 1.54) is 0 Å². The molecule has 37 heavy (non-hydrogen) atoms. The molecule has 0 saturated heterocycles. The molecule has 1 atom stereocenters. The average Bonchev–Trinajstić information content (AvgIpc) is 2.92. The molecule has 4 rings (SSSR count). The maximum Gasteiger partial charge on any atom is 0.343 e. The summed E-state index contributed by atoms with van der Waals surface area (Å²) in [5.41, 5.74) is 4.16. The van der Waals surface area contributed by atoms with Gasteiger partial charge in [0.05, 0.1) is 5.56 Å². The number of carbonyl (C=O) groups is 3. The highest BCUT2D eigenvalue weighted by Gasteiger charge is 2.11. The van der Waals surface area contributed by atoms with E-state index in [4.69, 9.17) is 4.74 Å². The number of ether oxygens (including phenoxy) is 1. The third-order valence-electron chi connectivity index (χ3n) is 5.46. The number of para-hydroxylation sites is 1. The molecule has 188 valence electrons. The lowest BCUT2D eigenvalue weighted by atomic mass is 10.1. The van der Waals surface area contributed by atoms with Gasteiger partial charge in [-0.25, -0.2) is 4.79 Å². The normalized spacial score (nSPS) is 10.8. The highest BCUT2D eigenvalue weighted by molar-refractivity contribution is 5.94. The van der Waals surface area contributed by atoms with Gasteiger partial charge in [-0.05, 0) is 73.9 Å². The van der Waals surface area contributed by atoms with Crippen LogP contribution in [0.2, 0.25) is 0 Å². The molecular formula is C31H30N2O4. The number of hydrogen-bond acceptors (Lipinski definition) is 4. The lowest BCUT2D eigenvalue weighted by Crippen LogP contribution is -2.34. The van der Waals surface area contributed by atoms with Crippen molar-refractivity contribution in [1.82, 2.24) is 5.32 Å². The lowest BCUT2D eigenvalue weighted by molar-refractivity contribution is -0.105. The minimum absolute atomic E-state index is 0.0181. The molecule has 2 amide bonds. The molecule has 1 unspecified atom stereocenters. The number of aryl methyl sites for hydroxylation is 1. The van der Waals surface area contributed by atoms with Gasteiger partial charge in [0, 0.05) is 17.3 Å². The summed E-state index contributed by atoms with van der Waals surface area (Å²) in [5.74, 6) is 0.0249. The first-order valence-electron chi connectivity index (χ1n) is 11.9. The van der Waals surface area contributed by atoms with Crippen molar-refractivity contribution in [3.05, 3.63) is 131 Å². The van der Waals surface area contributed by atoms with Crippen molar-refractivity contribution in [2.75, 3.05) is 5.32 Å². The minimum Gasteiger partial charge on any atom is -0.423 e. The number of rotatable bonds is 8. The van der Waals surface area contributed by atoms with E-state index >= 15 is 0 Å². The van der Waals surface area contributed by atoms with Crippen LogP contribution in [0.25, 0.3) is 0 Å². The van der Waals surface area contributed by atoms with Crippen molar-refractivity contribution >= 4 is 24.0 Å². The van der Waals surface area contributed by atoms with Gasteiger partial charge in [0.15, 0.2) is 0 Å². The summed E-state index contributed by atoms with van der Waals surface area (Å²) in [6.07, 6.45) is 1.37. The Morgan fingerprint density at radius 3 is 1.95 bits per heavy atom. The molecule has 0 aliphatic carbocycles. The molecule has 0 spiro atoms. The number of nitrogens with one attached hydrogen (secondary N) is 2. The van der Waals surface area contributed by atoms with Crippen molar-refractivity contribution in [3.8, 4) is 5.75 Å². The maximum absolute atomic E-state index is 12.2. The van der Waals surface area contributed by atoms with Crippen LogP contribution < -0.4 is 15.4 Å². The number of amides is 2. The van der Waals surface area contributed by atoms with Gasteiger partial charge >= 0.3 is 5.97 Å². The number of benzene rings is 4. The minimum atomic E-state index is -0.383. The fourth-order valence-corrected chi connectivity index (χ4v) is 3.53. The van der Waals surface area contributed by atoms with Crippen molar-refractivity contribution in [2.45, 2.75) is 26.3 Å². The third-order valence-corrected chi connectivity index (χ3v) is 5.46. The summed E-state index contributed by atoms with van der Waals surface area (Å²) in [5, 5.41) is 5.58. The Balaban J connectivity index is 0.000000319. The lowest BCUT2D eigenvalue weighted by Gasteiger charge is -2.14. The van der Waals surface area contributed by atoms with Crippen molar-refractivity contribution in [2.24, 2.45) is 0 Å². The summed E-state index contributed by atoms with van der Waals surface area (Å²) in [4.78, 5) is 34.3. The van der Waals surface area contributed by atoms with E-state index in [2.05, 4.69) is 10.6 Å². The molecular weight excluding hydrogens is 464 g/mol. The van der Waals surface area contributed by atoms with Crippen LogP contribution in [0.3, 0.4) is 0 Å². The largest absolute Gasteiger partial charge is 0.423 e. The molecule has 0 saturated carbocycles. The molecule has 4 aromatic rings. The van der Waals surface area contributed by atoms with E-state index in [0.717, 1.165) is 16.8 Å². The summed E-state index contributed by atoms with van der Waals surface area (Å²) in [7, 11) is 0. The third kappa shape index (κ3) is 8.78. The standard InChI is InChI=1S/C23H21NO3.C8H9NO/c1-17(24-22(25)19-8-4-2-5-9-19)16-18-12-14-21(15-13-18)27-23(26)20-10-6-3-7-11-20;1-7-4-2-3-5-8(7)9-6-10/h2-15,17H,16H2,1H3,(H,24,25);2-6H,1H3,(H,9,10). The number of hydrogen-bond donors (Lipinski definition) is 2. The van der Waals surface area contributed by atoms with Gasteiger partial charge in [-0.3, -0.25) is 9.59 Å². The molecule has 0 bridgehead atoms. The monoisotopic (exact) mass is 494 g/mol. The van der Waals surface area contributed by atoms with Crippen LogP contribution in [0, 0.1) is 6.92 Å². The van der Waals surface area contributed by atoms with Crippen LogP contribution in [0.1, 0.15) is 38.8 Å². The maximum atomic E-state index is 12.2. The predicted molar refractivity (Wildman–Crippen MR) is 146 cm³/mol. The topological polar surface area (TPSA) is 84.5 Å². The fraction of sp³-hybridized carbons (Fsp3) is 0.129. The summed E-state index contributed by atoms with van der Waals surface area (Å²) in [6, 6.07) is 33.0. The van der Waals surface area contributed by atoms with Gasteiger partial charge in [-0.1, -0.05) is 66.7 Å². The fourth-order valence-electron chi connectivity index (χ4n) is 3.53. The first-order chi connectivity index (χ1) is 18.0. The highest BCUT2D eigenvalue weighted by atomic mass is 16.5. The van der Waals surface area contributed by atoms with Gasteiger partial charge in [-0.2, -0.15) is 0 Å². The highest BCUT2D eigenvalue weighted by Crippen LogP contribution is 2.16. The second-order valence-electron chi connectivity index (χ2n) is 8.42. The zero-order valence-electron chi connectivity index (χ0n) is 20.9. The van der Waals surface area contributed by atoms with Crippen LogP contribution in [0.5, 0.6) is 5.75 Å².